The second-order valence-electron chi connectivity index (χ2n) is 9.85. The summed E-state index contributed by atoms with van der Waals surface area (Å²) < 4.78 is 11.0. The number of hydrogen-bond acceptors (Lipinski definition) is 4. The molecular weight excluding hydrogens is 328 g/mol. The Labute approximate surface area is 155 Å². The number of aliphatic hydroxyl groups is 1. The van der Waals surface area contributed by atoms with Gasteiger partial charge in [0.2, 0.25) is 0 Å². The monoisotopic (exact) mass is 358 g/mol. The Bertz CT molecular complexity index is 738. The van der Waals surface area contributed by atoms with Crippen LogP contribution in [0, 0.1) is 22.7 Å². The minimum atomic E-state index is -0.820. The molecule has 0 amide bonds. The Morgan fingerprint density at radius 2 is 2.19 bits per heavy atom. The summed E-state index contributed by atoms with van der Waals surface area (Å²) in [6.45, 7) is 4.11. The molecule has 2 bridgehead atoms. The predicted octanol–water partition coefficient (Wildman–Crippen LogP) is 4.21. The molecule has 6 atom stereocenters. The van der Waals surface area contributed by atoms with E-state index in [9.17, 15) is 9.90 Å². The van der Waals surface area contributed by atoms with Crippen LogP contribution in [0.15, 0.2) is 16.7 Å². The van der Waals surface area contributed by atoms with Crippen LogP contribution in [0.5, 0.6) is 0 Å². The van der Waals surface area contributed by atoms with Crippen molar-refractivity contribution in [3.8, 4) is 0 Å². The second-order valence-corrected chi connectivity index (χ2v) is 9.85. The number of aryl methyl sites for hydroxylation is 1. The SMILES string of the molecule is CC(=O)OC[C@]1(O)C[C@@]23CC[C@@H]4c5ccoc5CC[C@@]4(C)[C@@H]2CC[C@H]1C3. The summed E-state index contributed by atoms with van der Waals surface area (Å²) in [6.07, 6.45) is 10.7. The molecule has 1 N–H and O–H groups in total. The maximum atomic E-state index is 11.4. The Morgan fingerprint density at radius 3 is 3.00 bits per heavy atom. The van der Waals surface area contributed by atoms with Gasteiger partial charge >= 0.3 is 5.97 Å². The largest absolute Gasteiger partial charge is 0.469 e. The van der Waals surface area contributed by atoms with E-state index in [0.717, 1.165) is 25.7 Å². The van der Waals surface area contributed by atoms with E-state index in [1.54, 1.807) is 0 Å². The van der Waals surface area contributed by atoms with Crippen LogP contribution in [0.4, 0.5) is 0 Å². The van der Waals surface area contributed by atoms with Crippen molar-refractivity contribution < 1.29 is 19.1 Å². The lowest BCUT2D eigenvalue weighted by Crippen LogP contribution is -2.51. The Morgan fingerprint density at radius 1 is 1.35 bits per heavy atom. The molecule has 0 radical (unpaired) electrons. The topological polar surface area (TPSA) is 59.7 Å². The second kappa shape index (κ2) is 5.37. The van der Waals surface area contributed by atoms with Crippen LogP contribution in [0.2, 0.25) is 0 Å². The Balaban J connectivity index is 1.47. The highest BCUT2D eigenvalue weighted by molar-refractivity contribution is 5.66. The van der Waals surface area contributed by atoms with Crippen LogP contribution in [0.1, 0.15) is 76.0 Å². The number of fused-ring (bicyclic) bond motifs is 5. The summed E-state index contributed by atoms with van der Waals surface area (Å²) in [5, 5.41) is 11.4. The standard InChI is InChI=1S/C22H30O4/c1-14(23)26-13-22(24)12-21-9-5-17-16-7-10-25-18(16)6-8-20(17,2)19(21)4-3-15(22)11-21/h7,10,15,17,19,24H,3-6,8-9,11-13H2,1-2H3/t15-,17+,19-,20+,21-,22+/m0/s1. The van der Waals surface area contributed by atoms with Gasteiger partial charge in [0.15, 0.2) is 0 Å². The van der Waals surface area contributed by atoms with Crippen LogP contribution in [0.25, 0.3) is 0 Å². The number of rotatable bonds is 2. The van der Waals surface area contributed by atoms with Crippen LogP contribution in [0.3, 0.4) is 0 Å². The summed E-state index contributed by atoms with van der Waals surface area (Å²) in [7, 11) is 0. The fourth-order valence-electron chi connectivity index (χ4n) is 7.72. The van der Waals surface area contributed by atoms with Crippen molar-refractivity contribution in [3.63, 3.8) is 0 Å². The van der Waals surface area contributed by atoms with Crippen molar-refractivity contribution in [2.45, 2.75) is 76.7 Å². The molecule has 4 aliphatic rings. The van der Waals surface area contributed by atoms with Crippen molar-refractivity contribution in [1.82, 2.24) is 0 Å². The lowest BCUT2D eigenvalue weighted by atomic mass is 9.45. The molecule has 3 fully saturated rings. The van der Waals surface area contributed by atoms with Crippen LogP contribution in [-0.4, -0.2) is 23.3 Å². The lowest BCUT2D eigenvalue weighted by molar-refractivity contribution is -0.151. The highest BCUT2D eigenvalue weighted by Gasteiger charge is 2.66. The number of hydrogen-bond donors (Lipinski definition) is 1. The highest BCUT2D eigenvalue weighted by atomic mass is 16.5. The van der Waals surface area contributed by atoms with Gasteiger partial charge < -0.3 is 14.3 Å². The van der Waals surface area contributed by atoms with Gasteiger partial charge in [-0.2, -0.15) is 0 Å². The summed E-state index contributed by atoms with van der Waals surface area (Å²) in [5.41, 5.74) is 1.15. The minimum Gasteiger partial charge on any atom is -0.469 e. The molecule has 1 spiro atoms. The molecule has 3 saturated carbocycles. The van der Waals surface area contributed by atoms with Gasteiger partial charge in [-0.1, -0.05) is 6.92 Å². The van der Waals surface area contributed by atoms with E-state index in [1.807, 2.05) is 6.26 Å². The molecule has 1 aromatic rings. The smallest absolute Gasteiger partial charge is 0.302 e. The van der Waals surface area contributed by atoms with E-state index in [-0.39, 0.29) is 23.9 Å². The van der Waals surface area contributed by atoms with E-state index < -0.39 is 5.60 Å². The van der Waals surface area contributed by atoms with Crippen molar-refractivity contribution in [3.05, 3.63) is 23.7 Å². The van der Waals surface area contributed by atoms with E-state index in [4.69, 9.17) is 9.15 Å². The third-order valence-electron chi connectivity index (χ3n) is 8.71. The maximum Gasteiger partial charge on any atom is 0.302 e. The molecule has 0 unspecified atom stereocenters. The summed E-state index contributed by atoms with van der Waals surface area (Å²) in [4.78, 5) is 11.3. The first-order chi connectivity index (χ1) is 12.4. The fraction of sp³-hybridized carbons (Fsp3) is 0.773. The average Bonchev–Trinajstić information content (AvgIpc) is 3.14. The first-order valence-electron chi connectivity index (χ1n) is 10.3. The quantitative estimate of drug-likeness (QED) is 0.805. The molecule has 0 aromatic carbocycles. The molecule has 0 saturated heterocycles. The van der Waals surface area contributed by atoms with Gasteiger partial charge in [0.1, 0.15) is 18.0 Å². The molecule has 5 rings (SSSR count). The zero-order valence-electron chi connectivity index (χ0n) is 15.9. The number of esters is 1. The van der Waals surface area contributed by atoms with E-state index in [2.05, 4.69) is 13.0 Å². The lowest BCUT2D eigenvalue weighted by Gasteiger charge is -2.59. The van der Waals surface area contributed by atoms with E-state index in [0.29, 0.717) is 17.3 Å². The third kappa shape index (κ3) is 2.14. The first-order valence-corrected chi connectivity index (χ1v) is 10.3. The molecule has 1 aromatic heterocycles. The Kier molecular flexibility index (Phi) is 3.48. The number of ether oxygens (including phenoxy) is 1. The third-order valence-corrected chi connectivity index (χ3v) is 8.71. The van der Waals surface area contributed by atoms with Gasteiger partial charge in [-0.3, -0.25) is 4.79 Å². The zero-order chi connectivity index (χ0) is 18.2. The van der Waals surface area contributed by atoms with Crippen molar-refractivity contribution >= 4 is 5.97 Å². The van der Waals surface area contributed by atoms with Gasteiger partial charge in [0, 0.05) is 13.3 Å². The van der Waals surface area contributed by atoms with Gasteiger partial charge in [-0.05, 0) is 85.2 Å². The maximum absolute atomic E-state index is 11.4. The molecule has 142 valence electrons. The van der Waals surface area contributed by atoms with Crippen LogP contribution in [-0.2, 0) is 16.0 Å². The number of carbonyl (C=O) groups is 1. The zero-order valence-corrected chi connectivity index (χ0v) is 15.9. The normalized spacial score (nSPS) is 46.2. The van der Waals surface area contributed by atoms with Crippen LogP contribution >= 0.6 is 0 Å². The van der Waals surface area contributed by atoms with Gasteiger partial charge in [0.05, 0.1) is 6.26 Å². The Hall–Kier alpha value is -1.29. The minimum absolute atomic E-state index is 0.174. The summed E-state index contributed by atoms with van der Waals surface area (Å²) in [6, 6.07) is 2.20. The molecular formula is C22H30O4. The average molecular weight is 358 g/mol. The summed E-state index contributed by atoms with van der Waals surface area (Å²) in [5.74, 6) is 2.45. The fourth-order valence-corrected chi connectivity index (χ4v) is 7.72. The van der Waals surface area contributed by atoms with Crippen LogP contribution < -0.4 is 0 Å². The molecule has 4 nitrogen and oxygen atoms in total. The molecule has 4 heteroatoms. The van der Waals surface area contributed by atoms with E-state index >= 15 is 0 Å². The number of carbonyl (C=O) groups excluding carboxylic acids is 1. The molecule has 0 aliphatic heterocycles. The van der Waals surface area contributed by atoms with Crippen molar-refractivity contribution in [1.29, 1.82) is 0 Å². The van der Waals surface area contributed by atoms with Gasteiger partial charge in [0.25, 0.3) is 0 Å². The van der Waals surface area contributed by atoms with Crippen molar-refractivity contribution in [2.75, 3.05) is 6.61 Å². The van der Waals surface area contributed by atoms with Gasteiger partial charge in [-0.25, -0.2) is 0 Å². The summed E-state index contributed by atoms with van der Waals surface area (Å²) >= 11 is 0. The predicted molar refractivity (Wildman–Crippen MR) is 96.6 cm³/mol. The molecule has 1 heterocycles. The van der Waals surface area contributed by atoms with Crippen molar-refractivity contribution in [2.24, 2.45) is 22.7 Å². The van der Waals surface area contributed by atoms with E-state index in [1.165, 1.54) is 43.9 Å². The first kappa shape index (κ1) is 16.9. The number of furan rings is 1. The molecule has 4 aliphatic carbocycles. The van der Waals surface area contributed by atoms with Gasteiger partial charge in [-0.15, -0.1) is 0 Å². The highest BCUT2D eigenvalue weighted by Crippen LogP contribution is 2.72. The molecule has 26 heavy (non-hydrogen) atoms.